The molecular formula is C17H26N2O2. The SMILES string of the molecule is CCN(CC)C(=O)C(c1ccccc1)N1CCC(O)CC1. The minimum absolute atomic E-state index is 0.169. The molecule has 0 aliphatic carbocycles. The van der Waals surface area contributed by atoms with Crippen LogP contribution in [0.15, 0.2) is 30.3 Å². The van der Waals surface area contributed by atoms with Crippen molar-refractivity contribution in [3.63, 3.8) is 0 Å². The molecule has 4 nitrogen and oxygen atoms in total. The highest BCUT2D eigenvalue weighted by Gasteiger charge is 2.32. The molecule has 2 rings (SSSR count). The Bertz CT molecular complexity index is 437. The van der Waals surface area contributed by atoms with Gasteiger partial charge in [-0.25, -0.2) is 0 Å². The summed E-state index contributed by atoms with van der Waals surface area (Å²) in [6.07, 6.45) is 1.27. The maximum Gasteiger partial charge on any atom is 0.244 e. The molecule has 1 aliphatic heterocycles. The first kappa shape index (κ1) is 16.0. The molecule has 116 valence electrons. The zero-order valence-corrected chi connectivity index (χ0v) is 13.0. The van der Waals surface area contributed by atoms with Gasteiger partial charge in [-0.2, -0.15) is 0 Å². The van der Waals surface area contributed by atoms with E-state index in [2.05, 4.69) is 4.90 Å². The van der Waals surface area contributed by atoms with Gasteiger partial charge in [0.2, 0.25) is 5.91 Å². The molecule has 1 atom stereocenters. The predicted molar refractivity (Wildman–Crippen MR) is 83.9 cm³/mol. The van der Waals surface area contributed by atoms with Crippen molar-refractivity contribution in [1.82, 2.24) is 9.80 Å². The number of aliphatic hydroxyl groups excluding tert-OH is 1. The smallest absolute Gasteiger partial charge is 0.244 e. The van der Waals surface area contributed by atoms with Gasteiger partial charge in [-0.3, -0.25) is 9.69 Å². The Morgan fingerprint density at radius 3 is 2.33 bits per heavy atom. The van der Waals surface area contributed by atoms with Crippen LogP contribution in [0, 0.1) is 0 Å². The first-order chi connectivity index (χ1) is 10.2. The summed E-state index contributed by atoms with van der Waals surface area (Å²) >= 11 is 0. The number of amides is 1. The van der Waals surface area contributed by atoms with E-state index in [9.17, 15) is 9.90 Å². The summed E-state index contributed by atoms with van der Waals surface area (Å²) < 4.78 is 0. The molecule has 0 bridgehead atoms. The van der Waals surface area contributed by atoms with Crippen LogP contribution in [0.5, 0.6) is 0 Å². The molecule has 1 aromatic carbocycles. The van der Waals surface area contributed by atoms with Crippen LogP contribution in [0.2, 0.25) is 0 Å². The van der Waals surface area contributed by atoms with E-state index in [-0.39, 0.29) is 18.1 Å². The topological polar surface area (TPSA) is 43.8 Å². The van der Waals surface area contributed by atoms with Gasteiger partial charge in [-0.05, 0) is 32.3 Å². The van der Waals surface area contributed by atoms with Crippen LogP contribution < -0.4 is 0 Å². The number of piperidine rings is 1. The number of likely N-dealkylation sites (N-methyl/N-ethyl adjacent to an activating group) is 1. The van der Waals surface area contributed by atoms with Crippen LogP contribution in [0.4, 0.5) is 0 Å². The van der Waals surface area contributed by atoms with Crippen molar-refractivity contribution in [1.29, 1.82) is 0 Å². The molecule has 4 heteroatoms. The molecule has 1 saturated heterocycles. The Labute approximate surface area is 127 Å². The van der Waals surface area contributed by atoms with Gasteiger partial charge >= 0.3 is 0 Å². The van der Waals surface area contributed by atoms with Gasteiger partial charge in [-0.1, -0.05) is 30.3 Å². The third kappa shape index (κ3) is 3.83. The highest BCUT2D eigenvalue weighted by molar-refractivity contribution is 5.83. The highest BCUT2D eigenvalue weighted by Crippen LogP contribution is 2.26. The number of carbonyl (C=O) groups is 1. The second kappa shape index (κ2) is 7.57. The number of carbonyl (C=O) groups excluding carboxylic acids is 1. The predicted octanol–water partition coefficient (Wildman–Crippen LogP) is 2.05. The molecule has 1 N–H and O–H groups in total. The third-order valence-electron chi connectivity index (χ3n) is 4.29. The minimum Gasteiger partial charge on any atom is -0.393 e. The maximum atomic E-state index is 12.9. The van der Waals surface area contributed by atoms with Crippen molar-refractivity contribution >= 4 is 5.91 Å². The van der Waals surface area contributed by atoms with E-state index in [4.69, 9.17) is 0 Å². The fourth-order valence-electron chi connectivity index (χ4n) is 3.00. The molecule has 0 radical (unpaired) electrons. The maximum absolute atomic E-state index is 12.9. The van der Waals surface area contributed by atoms with Crippen molar-refractivity contribution in [2.24, 2.45) is 0 Å². The molecule has 1 heterocycles. The lowest BCUT2D eigenvalue weighted by atomic mass is 9.99. The van der Waals surface area contributed by atoms with Gasteiger partial charge < -0.3 is 10.0 Å². The van der Waals surface area contributed by atoms with Crippen LogP contribution in [-0.4, -0.2) is 53.1 Å². The van der Waals surface area contributed by atoms with Crippen LogP contribution in [0.3, 0.4) is 0 Å². The lowest BCUT2D eigenvalue weighted by Gasteiger charge is -2.37. The molecule has 1 aliphatic rings. The van der Waals surface area contributed by atoms with Gasteiger partial charge in [0, 0.05) is 26.2 Å². The molecule has 1 aromatic rings. The van der Waals surface area contributed by atoms with Gasteiger partial charge in [0.25, 0.3) is 0 Å². The van der Waals surface area contributed by atoms with E-state index in [1.54, 1.807) is 0 Å². The Kier molecular flexibility index (Phi) is 5.76. The zero-order valence-electron chi connectivity index (χ0n) is 13.0. The quantitative estimate of drug-likeness (QED) is 0.902. The van der Waals surface area contributed by atoms with Crippen molar-refractivity contribution in [2.75, 3.05) is 26.2 Å². The number of hydrogen-bond donors (Lipinski definition) is 1. The summed E-state index contributed by atoms with van der Waals surface area (Å²) in [6.45, 7) is 7.04. The first-order valence-corrected chi connectivity index (χ1v) is 7.93. The Hall–Kier alpha value is -1.39. The van der Waals surface area contributed by atoms with Gasteiger partial charge in [0.1, 0.15) is 6.04 Å². The largest absolute Gasteiger partial charge is 0.393 e. The molecule has 21 heavy (non-hydrogen) atoms. The summed E-state index contributed by atoms with van der Waals surface area (Å²) in [5.74, 6) is 0.169. The average molecular weight is 290 g/mol. The van der Waals surface area contributed by atoms with E-state index in [0.29, 0.717) is 0 Å². The molecule has 0 aromatic heterocycles. The number of nitrogens with zero attached hydrogens (tertiary/aromatic N) is 2. The number of hydrogen-bond acceptors (Lipinski definition) is 3. The van der Waals surface area contributed by atoms with E-state index < -0.39 is 0 Å². The standard InChI is InChI=1S/C17H26N2O2/c1-3-18(4-2)17(21)16(14-8-6-5-7-9-14)19-12-10-15(20)11-13-19/h5-9,15-16,20H,3-4,10-13H2,1-2H3. The van der Waals surface area contributed by atoms with Crippen LogP contribution in [0.25, 0.3) is 0 Å². The first-order valence-electron chi connectivity index (χ1n) is 7.93. The molecule has 1 amide bonds. The Morgan fingerprint density at radius 1 is 1.24 bits per heavy atom. The number of aliphatic hydroxyl groups is 1. The summed E-state index contributed by atoms with van der Waals surface area (Å²) in [5, 5.41) is 9.70. The zero-order chi connectivity index (χ0) is 15.2. The van der Waals surface area contributed by atoms with E-state index in [1.807, 2.05) is 49.1 Å². The summed E-state index contributed by atoms with van der Waals surface area (Å²) in [7, 11) is 0. The van der Waals surface area contributed by atoms with E-state index in [1.165, 1.54) is 0 Å². The minimum atomic E-state index is -0.224. The second-order valence-corrected chi connectivity index (χ2v) is 5.59. The molecular weight excluding hydrogens is 264 g/mol. The Balaban J connectivity index is 2.24. The van der Waals surface area contributed by atoms with E-state index in [0.717, 1.165) is 44.6 Å². The van der Waals surface area contributed by atoms with Crippen molar-refractivity contribution in [3.8, 4) is 0 Å². The van der Waals surface area contributed by atoms with Gasteiger partial charge in [-0.15, -0.1) is 0 Å². The van der Waals surface area contributed by atoms with Gasteiger partial charge in [0.05, 0.1) is 6.10 Å². The lowest BCUT2D eigenvalue weighted by Crippen LogP contribution is -2.46. The van der Waals surface area contributed by atoms with Gasteiger partial charge in [0.15, 0.2) is 0 Å². The second-order valence-electron chi connectivity index (χ2n) is 5.59. The summed E-state index contributed by atoms with van der Waals surface area (Å²) in [5.41, 5.74) is 1.05. The number of rotatable bonds is 5. The average Bonchev–Trinajstić information content (AvgIpc) is 2.52. The molecule has 1 unspecified atom stereocenters. The molecule has 1 fully saturated rings. The highest BCUT2D eigenvalue weighted by atomic mass is 16.3. The van der Waals surface area contributed by atoms with Crippen molar-refractivity contribution in [2.45, 2.75) is 38.8 Å². The number of likely N-dealkylation sites (tertiary alicyclic amines) is 1. The fourth-order valence-corrected chi connectivity index (χ4v) is 3.00. The summed E-state index contributed by atoms with van der Waals surface area (Å²) in [4.78, 5) is 17.0. The van der Waals surface area contributed by atoms with Crippen molar-refractivity contribution in [3.05, 3.63) is 35.9 Å². The van der Waals surface area contributed by atoms with Crippen LogP contribution in [-0.2, 0) is 4.79 Å². The monoisotopic (exact) mass is 290 g/mol. The fraction of sp³-hybridized carbons (Fsp3) is 0.588. The summed E-state index contributed by atoms with van der Waals surface area (Å²) in [6, 6.07) is 9.77. The van der Waals surface area contributed by atoms with E-state index >= 15 is 0 Å². The third-order valence-corrected chi connectivity index (χ3v) is 4.29. The lowest BCUT2D eigenvalue weighted by molar-refractivity contribution is -0.138. The van der Waals surface area contributed by atoms with Crippen LogP contribution in [0.1, 0.15) is 38.3 Å². The Morgan fingerprint density at radius 2 is 1.81 bits per heavy atom. The van der Waals surface area contributed by atoms with Crippen molar-refractivity contribution < 1.29 is 9.90 Å². The number of benzene rings is 1. The van der Waals surface area contributed by atoms with Crippen LogP contribution >= 0.6 is 0 Å². The molecule has 0 spiro atoms. The normalized spacial score (nSPS) is 18.4. The molecule has 0 saturated carbocycles.